The lowest BCUT2D eigenvalue weighted by molar-refractivity contribution is 0.102. The molecule has 0 rings (SSSR count). The number of hydrogen-bond acceptors (Lipinski definition) is 1. The van der Waals surface area contributed by atoms with E-state index in [9.17, 15) is 0 Å². The van der Waals surface area contributed by atoms with Crippen molar-refractivity contribution in [3.8, 4) is 0 Å². The number of ether oxygens (including phenoxy) is 1. The highest BCUT2D eigenvalue weighted by molar-refractivity contribution is 5.10. The van der Waals surface area contributed by atoms with Crippen LogP contribution in [0.5, 0.6) is 0 Å². The average molecular weight is 180 g/mol. The van der Waals surface area contributed by atoms with Gasteiger partial charge in [-0.1, -0.05) is 43.4 Å². The molecule has 0 aliphatic heterocycles. The fourth-order valence-electron chi connectivity index (χ4n) is 0.725. The Labute approximate surface area is 81.8 Å². The molecule has 0 aliphatic carbocycles. The molecule has 0 N–H and O–H groups in total. The average Bonchev–Trinajstić information content (AvgIpc) is 2.09. The highest BCUT2D eigenvalue weighted by Gasteiger charge is 1.86. The van der Waals surface area contributed by atoms with Gasteiger partial charge in [0.05, 0.1) is 12.7 Å². The second-order valence-corrected chi connectivity index (χ2v) is 3.03. The highest BCUT2D eigenvalue weighted by atomic mass is 16.5. The summed E-state index contributed by atoms with van der Waals surface area (Å²) in [7, 11) is 0. The highest BCUT2D eigenvalue weighted by Crippen LogP contribution is 1.88. The Morgan fingerprint density at radius 2 is 1.62 bits per heavy atom. The Morgan fingerprint density at radius 3 is 2.15 bits per heavy atom. The van der Waals surface area contributed by atoms with Crippen LogP contribution in [0.4, 0.5) is 0 Å². The first-order chi connectivity index (χ1) is 6.27. The molecule has 1 heteroatoms. The van der Waals surface area contributed by atoms with Crippen LogP contribution in [0.25, 0.3) is 0 Å². The fourth-order valence-corrected chi connectivity index (χ4v) is 0.725. The van der Waals surface area contributed by atoms with Gasteiger partial charge in [0.2, 0.25) is 0 Å². The third kappa shape index (κ3) is 11.2. The SMILES string of the molecule is CC/C=C/C=C/C=C/COC(C)C. The van der Waals surface area contributed by atoms with Crippen LogP contribution in [0.1, 0.15) is 27.2 Å². The zero-order valence-electron chi connectivity index (χ0n) is 8.86. The first kappa shape index (κ1) is 12.2. The van der Waals surface area contributed by atoms with Crippen LogP contribution in [0.15, 0.2) is 36.5 Å². The fraction of sp³-hybridized carbons (Fsp3) is 0.500. The summed E-state index contributed by atoms with van der Waals surface area (Å²) >= 11 is 0. The van der Waals surface area contributed by atoms with Gasteiger partial charge >= 0.3 is 0 Å². The molecule has 0 aromatic heterocycles. The van der Waals surface area contributed by atoms with E-state index in [1.807, 2.05) is 44.2 Å². The van der Waals surface area contributed by atoms with Crippen molar-refractivity contribution in [3.05, 3.63) is 36.5 Å². The zero-order valence-corrected chi connectivity index (χ0v) is 8.86. The first-order valence-electron chi connectivity index (χ1n) is 4.87. The Bertz CT molecular complexity index is 176. The van der Waals surface area contributed by atoms with Crippen molar-refractivity contribution < 1.29 is 4.74 Å². The maximum atomic E-state index is 5.33. The van der Waals surface area contributed by atoms with E-state index in [0.717, 1.165) is 6.42 Å². The van der Waals surface area contributed by atoms with Gasteiger partial charge in [-0.15, -0.1) is 0 Å². The van der Waals surface area contributed by atoms with Crippen LogP contribution in [-0.2, 0) is 4.74 Å². The zero-order chi connectivity index (χ0) is 9.94. The van der Waals surface area contributed by atoms with Gasteiger partial charge in [0.1, 0.15) is 0 Å². The third-order valence-corrected chi connectivity index (χ3v) is 1.37. The third-order valence-electron chi connectivity index (χ3n) is 1.37. The molecule has 0 bridgehead atoms. The number of allylic oxidation sites excluding steroid dienone is 5. The van der Waals surface area contributed by atoms with Crippen LogP contribution >= 0.6 is 0 Å². The Hall–Kier alpha value is -0.820. The molecule has 0 amide bonds. The smallest absolute Gasteiger partial charge is 0.0653 e. The van der Waals surface area contributed by atoms with Gasteiger partial charge < -0.3 is 4.74 Å². The van der Waals surface area contributed by atoms with Crippen molar-refractivity contribution in [3.63, 3.8) is 0 Å². The molecule has 0 aromatic rings. The van der Waals surface area contributed by atoms with Gasteiger partial charge in [-0.25, -0.2) is 0 Å². The summed E-state index contributed by atoms with van der Waals surface area (Å²) < 4.78 is 5.33. The summed E-state index contributed by atoms with van der Waals surface area (Å²) in [5.74, 6) is 0. The number of hydrogen-bond donors (Lipinski definition) is 0. The molecule has 1 nitrogen and oxygen atoms in total. The Balaban J connectivity index is 3.40. The molecule has 0 saturated heterocycles. The normalized spacial score (nSPS) is 12.9. The summed E-state index contributed by atoms with van der Waals surface area (Å²) in [5.41, 5.74) is 0. The summed E-state index contributed by atoms with van der Waals surface area (Å²) in [6, 6.07) is 0. The maximum absolute atomic E-state index is 5.33. The quantitative estimate of drug-likeness (QED) is 0.568. The monoisotopic (exact) mass is 180 g/mol. The van der Waals surface area contributed by atoms with E-state index in [-0.39, 0.29) is 0 Å². The molecular formula is C12H20O. The lowest BCUT2D eigenvalue weighted by Crippen LogP contribution is -2.01. The lowest BCUT2D eigenvalue weighted by atomic mass is 10.3. The summed E-state index contributed by atoms with van der Waals surface area (Å²) in [4.78, 5) is 0. The van der Waals surface area contributed by atoms with Crippen molar-refractivity contribution in [1.82, 2.24) is 0 Å². The summed E-state index contributed by atoms with van der Waals surface area (Å²) in [5, 5.41) is 0. The van der Waals surface area contributed by atoms with E-state index in [4.69, 9.17) is 4.74 Å². The molecule has 0 aliphatic rings. The Kier molecular flexibility index (Phi) is 8.68. The predicted molar refractivity (Wildman–Crippen MR) is 58.8 cm³/mol. The molecule has 0 aromatic carbocycles. The standard InChI is InChI=1S/C12H20O/c1-4-5-6-7-8-9-10-11-13-12(2)3/h5-10,12H,4,11H2,1-3H3/b6-5+,8-7+,10-9+. The van der Waals surface area contributed by atoms with E-state index in [1.54, 1.807) is 0 Å². The molecule has 74 valence electrons. The van der Waals surface area contributed by atoms with Gasteiger partial charge in [-0.05, 0) is 20.3 Å². The largest absolute Gasteiger partial charge is 0.375 e. The van der Waals surface area contributed by atoms with Crippen molar-refractivity contribution in [2.45, 2.75) is 33.3 Å². The molecule has 0 spiro atoms. The minimum absolute atomic E-state index is 0.314. The molecule has 0 radical (unpaired) electrons. The molecule has 0 heterocycles. The number of rotatable bonds is 6. The van der Waals surface area contributed by atoms with Gasteiger partial charge in [0.15, 0.2) is 0 Å². The molecule has 0 unspecified atom stereocenters. The van der Waals surface area contributed by atoms with Crippen molar-refractivity contribution in [2.24, 2.45) is 0 Å². The van der Waals surface area contributed by atoms with Crippen LogP contribution in [0.3, 0.4) is 0 Å². The molecule has 0 atom stereocenters. The van der Waals surface area contributed by atoms with Gasteiger partial charge in [0, 0.05) is 0 Å². The second-order valence-electron chi connectivity index (χ2n) is 3.03. The van der Waals surface area contributed by atoms with Crippen LogP contribution in [0, 0.1) is 0 Å². The van der Waals surface area contributed by atoms with Crippen LogP contribution in [-0.4, -0.2) is 12.7 Å². The van der Waals surface area contributed by atoms with Crippen molar-refractivity contribution in [2.75, 3.05) is 6.61 Å². The minimum atomic E-state index is 0.314. The molecular weight excluding hydrogens is 160 g/mol. The molecule has 13 heavy (non-hydrogen) atoms. The van der Waals surface area contributed by atoms with Crippen LogP contribution in [0.2, 0.25) is 0 Å². The van der Waals surface area contributed by atoms with Crippen molar-refractivity contribution >= 4 is 0 Å². The maximum Gasteiger partial charge on any atom is 0.0653 e. The van der Waals surface area contributed by atoms with E-state index in [2.05, 4.69) is 13.0 Å². The van der Waals surface area contributed by atoms with Crippen molar-refractivity contribution in [1.29, 1.82) is 0 Å². The topological polar surface area (TPSA) is 9.23 Å². The second kappa shape index (κ2) is 9.27. The lowest BCUT2D eigenvalue weighted by Gasteiger charge is -2.01. The van der Waals surface area contributed by atoms with E-state index < -0.39 is 0 Å². The predicted octanol–water partition coefficient (Wildman–Crippen LogP) is 3.49. The van der Waals surface area contributed by atoms with E-state index in [0.29, 0.717) is 12.7 Å². The molecule has 0 fully saturated rings. The van der Waals surface area contributed by atoms with Gasteiger partial charge in [-0.3, -0.25) is 0 Å². The summed E-state index contributed by atoms with van der Waals surface area (Å²) in [6.07, 6.45) is 13.6. The van der Waals surface area contributed by atoms with Crippen LogP contribution < -0.4 is 0 Å². The Morgan fingerprint density at radius 1 is 1.00 bits per heavy atom. The molecule has 0 saturated carbocycles. The van der Waals surface area contributed by atoms with E-state index in [1.165, 1.54) is 0 Å². The van der Waals surface area contributed by atoms with Gasteiger partial charge in [-0.2, -0.15) is 0 Å². The summed E-state index contributed by atoms with van der Waals surface area (Å²) in [6.45, 7) is 6.89. The van der Waals surface area contributed by atoms with E-state index >= 15 is 0 Å². The van der Waals surface area contributed by atoms with Gasteiger partial charge in [0.25, 0.3) is 0 Å². The minimum Gasteiger partial charge on any atom is -0.375 e. The first-order valence-corrected chi connectivity index (χ1v) is 4.87.